The highest BCUT2D eigenvalue weighted by Gasteiger charge is 2.27. The third-order valence-corrected chi connectivity index (χ3v) is 4.76. The molecule has 0 saturated carbocycles. The summed E-state index contributed by atoms with van der Waals surface area (Å²) in [7, 11) is -4.50. The van der Waals surface area contributed by atoms with Gasteiger partial charge in [-0.2, -0.15) is 13.5 Å². The van der Waals surface area contributed by atoms with Crippen molar-refractivity contribution in [1.29, 1.82) is 0 Å². The molecule has 25 heavy (non-hydrogen) atoms. The molecule has 0 bridgehead atoms. The first kappa shape index (κ1) is 17.4. The van der Waals surface area contributed by atoms with E-state index < -0.39 is 10.3 Å². The SMILES string of the molecule is Cc1ccc(-c2nn(S(=O)(=O)O)c(C(C)C)c2-c2ccccc2)cc1. The van der Waals surface area contributed by atoms with Crippen molar-refractivity contribution in [2.75, 3.05) is 0 Å². The van der Waals surface area contributed by atoms with Gasteiger partial charge in [0.1, 0.15) is 5.69 Å². The highest BCUT2D eigenvalue weighted by molar-refractivity contribution is 7.84. The van der Waals surface area contributed by atoms with Crippen molar-refractivity contribution >= 4 is 10.3 Å². The average molecular weight is 356 g/mol. The van der Waals surface area contributed by atoms with E-state index in [4.69, 9.17) is 0 Å². The number of aryl methyl sites for hydroxylation is 1. The highest BCUT2D eigenvalue weighted by Crippen LogP contribution is 2.38. The minimum atomic E-state index is -4.50. The van der Waals surface area contributed by atoms with E-state index in [1.807, 2.05) is 75.4 Å². The predicted molar refractivity (Wildman–Crippen MR) is 98.9 cm³/mol. The van der Waals surface area contributed by atoms with Crippen LogP contribution in [0, 0.1) is 6.92 Å². The van der Waals surface area contributed by atoms with Crippen molar-refractivity contribution < 1.29 is 13.0 Å². The summed E-state index contributed by atoms with van der Waals surface area (Å²) in [5.41, 5.74) is 4.47. The molecule has 1 N–H and O–H groups in total. The molecule has 0 aliphatic rings. The molecule has 0 aliphatic heterocycles. The minimum Gasteiger partial charge on any atom is -0.268 e. The molecule has 0 unspecified atom stereocenters. The van der Waals surface area contributed by atoms with Gasteiger partial charge in [0.25, 0.3) is 0 Å². The maximum Gasteiger partial charge on any atom is 0.379 e. The predicted octanol–water partition coefficient (Wildman–Crippen LogP) is 4.30. The fraction of sp³-hybridized carbons (Fsp3) is 0.211. The number of aromatic nitrogens is 2. The minimum absolute atomic E-state index is 0.149. The Labute approximate surface area is 147 Å². The van der Waals surface area contributed by atoms with Crippen LogP contribution in [-0.2, 0) is 10.3 Å². The van der Waals surface area contributed by atoms with E-state index in [9.17, 15) is 13.0 Å². The van der Waals surface area contributed by atoms with Gasteiger partial charge in [-0.25, -0.2) is 0 Å². The first-order valence-corrected chi connectivity index (χ1v) is 9.42. The Balaban J connectivity index is 2.40. The lowest BCUT2D eigenvalue weighted by molar-refractivity contribution is 0.461. The van der Waals surface area contributed by atoms with Gasteiger partial charge in [0.05, 0.1) is 5.69 Å². The molecule has 130 valence electrons. The lowest BCUT2D eigenvalue weighted by Gasteiger charge is -2.11. The molecule has 0 saturated heterocycles. The van der Waals surface area contributed by atoms with Crippen molar-refractivity contribution in [3.8, 4) is 22.4 Å². The zero-order valence-corrected chi connectivity index (χ0v) is 15.2. The molecular weight excluding hydrogens is 336 g/mol. The van der Waals surface area contributed by atoms with Crippen LogP contribution < -0.4 is 0 Å². The van der Waals surface area contributed by atoms with E-state index in [1.165, 1.54) is 0 Å². The third kappa shape index (κ3) is 3.36. The van der Waals surface area contributed by atoms with Crippen LogP contribution >= 0.6 is 0 Å². The van der Waals surface area contributed by atoms with E-state index >= 15 is 0 Å². The number of hydrogen-bond acceptors (Lipinski definition) is 3. The van der Waals surface area contributed by atoms with Crippen LogP contribution in [0.3, 0.4) is 0 Å². The number of rotatable bonds is 4. The van der Waals surface area contributed by atoms with Crippen molar-refractivity contribution in [3.05, 3.63) is 65.9 Å². The number of nitrogens with zero attached hydrogens (tertiary/aromatic N) is 2. The Morgan fingerprint density at radius 1 is 0.960 bits per heavy atom. The molecule has 0 spiro atoms. The number of benzene rings is 2. The van der Waals surface area contributed by atoms with Gasteiger partial charge in [-0.15, -0.1) is 4.09 Å². The molecular formula is C19H20N2O3S. The molecule has 1 heterocycles. The van der Waals surface area contributed by atoms with E-state index in [0.29, 0.717) is 11.4 Å². The molecule has 0 aliphatic carbocycles. The second-order valence-corrected chi connectivity index (χ2v) is 7.56. The van der Waals surface area contributed by atoms with Gasteiger partial charge in [-0.3, -0.25) is 4.55 Å². The summed E-state index contributed by atoms with van der Waals surface area (Å²) in [6.07, 6.45) is 0. The van der Waals surface area contributed by atoms with Gasteiger partial charge in [0.2, 0.25) is 0 Å². The van der Waals surface area contributed by atoms with Crippen molar-refractivity contribution in [2.24, 2.45) is 0 Å². The van der Waals surface area contributed by atoms with Gasteiger partial charge in [0.15, 0.2) is 0 Å². The number of hydrogen-bond donors (Lipinski definition) is 1. The second-order valence-electron chi connectivity index (χ2n) is 6.32. The van der Waals surface area contributed by atoms with Gasteiger partial charge in [-0.1, -0.05) is 74.0 Å². The quantitative estimate of drug-likeness (QED) is 0.708. The molecule has 2 aromatic carbocycles. The fourth-order valence-corrected chi connectivity index (χ4v) is 3.64. The average Bonchev–Trinajstić information content (AvgIpc) is 2.97. The van der Waals surface area contributed by atoms with Gasteiger partial charge >= 0.3 is 10.3 Å². The fourth-order valence-electron chi connectivity index (χ4n) is 2.90. The molecule has 5 nitrogen and oxygen atoms in total. The summed E-state index contributed by atoms with van der Waals surface area (Å²) in [6, 6.07) is 17.2. The van der Waals surface area contributed by atoms with E-state index in [0.717, 1.165) is 26.3 Å². The molecule has 0 radical (unpaired) electrons. The zero-order chi connectivity index (χ0) is 18.2. The van der Waals surface area contributed by atoms with Crippen LogP contribution in [0.15, 0.2) is 54.6 Å². The lowest BCUT2D eigenvalue weighted by Crippen LogP contribution is -2.16. The molecule has 0 fully saturated rings. The largest absolute Gasteiger partial charge is 0.379 e. The molecule has 3 aromatic rings. The van der Waals surface area contributed by atoms with Gasteiger partial charge < -0.3 is 0 Å². The van der Waals surface area contributed by atoms with Crippen LogP contribution in [0.4, 0.5) is 0 Å². The van der Waals surface area contributed by atoms with E-state index in [1.54, 1.807) is 0 Å². The summed E-state index contributed by atoms with van der Waals surface area (Å²) in [5.74, 6) is -0.149. The summed E-state index contributed by atoms with van der Waals surface area (Å²) in [6.45, 7) is 5.74. The van der Waals surface area contributed by atoms with E-state index in [-0.39, 0.29) is 5.92 Å². The summed E-state index contributed by atoms with van der Waals surface area (Å²) >= 11 is 0. The lowest BCUT2D eigenvalue weighted by atomic mass is 9.94. The first-order chi connectivity index (χ1) is 11.8. The Morgan fingerprint density at radius 3 is 2.08 bits per heavy atom. The molecule has 1 aromatic heterocycles. The van der Waals surface area contributed by atoms with Gasteiger partial charge in [-0.05, 0) is 18.4 Å². The molecule has 0 amide bonds. The molecule has 0 atom stereocenters. The summed E-state index contributed by atoms with van der Waals surface area (Å²) < 4.78 is 34.2. The Kier molecular flexibility index (Phi) is 4.49. The van der Waals surface area contributed by atoms with Crippen molar-refractivity contribution in [2.45, 2.75) is 26.7 Å². The highest BCUT2D eigenvalue weighted by atomic mass is 32.2. The van der Waals surface area contributed by atoms with Crippen LogP contribution in [0.1, 0.15) is 31.0 Å². The Hall–Kier alpha value is -2.44. The monoisotopic (exact) mass is 356 g/mol. The van der Waals surface area contributed by atoms with Crippen LogP contribution in [0.5, 0.6) is 0 Å². The molecule has 3 rings (SSSR count). The first-order valence-electron chi connectivity index (χ1n) is 8.02. The normalized spacial score (nSPS) is 11.9. The summed E-state index contributed by atoms with van der Waals surface area (Å²) in [4.78, 5) is 0. The van der Waals surface area contributed by atoms with Crippen LogP contribution in [0.2, 0.25) is 0 Å². The summed E-state index contributed by atoms with van der Waals surface area (Å²) in [5, 5.41) is 4.26. The second kappa shape index (κ2) is 6.46. The zero-order valence-electron chi connectivity index (χ0n) is 14.3. The topological polar surface area (TPSA) is 72.2 Å². The molecule has 6 heteroatoms. The third-order valence-electron chi connectivity index (χ3n) is 4.04. The van der Waals surface area contributed by atoms with Crippen molar-refractivity contribution in [3.63, 3.8) is 0 Å². The Morgan fingerprint density at radius 2 is 1.56 bits per heavy atom. The standard InChI is InChI=1S/C19H20N2O3S/c1-13(2)19-17(15-7-5-4-6-8-15)18(20-21(19)25(22,23)24)16-11-9-14(3)10-12-16/h4-13H,1-3H3,(H,22,23,24). The van der Waals surface area contributed by atoms with E-state index in [2.05, 4.69) is 5.10 Å². The van der Waals surface area contributed by atoms with Crippen LogP contribution in [0.25, 0.3) is 22.4 Å². The Bertz CT molecular complexity index is 989. The van der Waals surface area contributed by atoms with Crippen molar-refractivity contribution in [1.82, 2.24) is 9.19 Å². The van der Waals surface area contributed by atoms with Crippen LogP contribution in [-0.4, -0.2) is 22.2 Å². The maximum atomic E-state index is 11.9. The smallest absolute Gasteiger partial charge is 0.268 e. The maximum absolute atomic E-state index is 11.9. The van der Waals surface area contributed by atoms with Gasteiger partial charge in [0, 0.05) is 11.1 Å².